The lowest BCUT2D eigenvalue weighted by Crippen LogP contribution is -2.50. The van der Waals surface area contributed by atoms with Crippen molar-refractivity contribution in [3.63, 3.8) is 0 Å². The highest BCUT2D eigenvalue weighted by Crippen LogP contribution is 2.17. The van der Waals surface area contributed by atoms with Crippen LogP contribution in [-0.2, 0) is 7.05 Å². The van der Waals surface area contributed by atoms with Crippen molar-refractivity contribution in [3.8, 4) is 0 Å². The number of rotatable bonds is 2. The van der Waals surface area contributed by atoms with Crippen LogP contribution in [0.4, 0.5) is 14.6 Å². The predicted octanol–water partition coefficient (Wildman–Crippen LogP) is 2.17. The molecule has 0 atom stereocenters. The van der Waals surface area contributed by atoms with E-state index in [-0.39, 0.29) is 11.1 Å². The zero-order chi connectivity index (χ0) is 19.8. The monoisotopic (exact) mass is 384 g/mol. The minimum atomic E-state index is -0.786. The number of hydrogen-bond donors (Lipinski definition) is 0. The van der Waals surface area contributed by atoms with Crippen LogP contribution >= 0.6 is 0 Å². The second kappa shape index (κ2) is 7.03. The number of carbonyl (C=O) groups excluding carboxylic acids is 1. The van der Waals surface area contributed by atoms with E-state index in [1.165, 1.54) is 4.90 Å². The largest absolute Gasteiger partial charge is 0.348 e. The molecule has 0 aliphatic carbocycles. The third-order valence-corrected chi connectivity index (χ3v) is 4.94. The third kappa shape index (κ3) is 3.21. The molecule has 1 aliphatic rings. The number of nitrogens with zero attached hydrogens (tertiary/aromatic N) is 4. The Kier molecular flexibility index (Phi) is 4.54. The molecular formula is C20H18F2N4O2. The van der Waals surface area contributed by atoms with Gasteiger partial charge in [-0.3, -0.25) is 9.59 Å². The van der Waals surface area contributed by atoms with Gasteiger partial charge in [0.05, 0.1) is 11.0 Å². The molecule has 3 aromatic rings. The number of para-hydroxylation sites is 2. The van der Waals surface area contributed by atoms with Crippen LogP contribution in [0.1, 0.15) is 10.4 Å². The Labute approximate surface area is 159 Å². The maximum Gasteiger partial charge on any atom is 0.293 e. The van der Waals surface area contributed by atoms with Gasteiger partial charge in [-0.2, -0.15) is 0 Å². The molecule has 0 saturated carbocycles. The van der Waals surface area contributed by atoms with E-state index < -0.39 is 17.5 Å². The molecule has 1 amide bonds. The lowest BCUT2D eigenvalue weighted by molar-refractivity contribution is 0.0745. The standard InChI is InChI=1S/C20H18F2N4O2/c1-24-17-5-3-2-4-16(17)23-18(20(24)28)25-6-8-26(9-7-25)19(27)13-10-14(21)12-15(22)11-13/h2-5,10-12H,6-9H2,1H3. The Morgan fingerprint density at radius 1 is 1.00 bits per heavy atom. The normalized spacial score (nSPS) is 14.5. The zero-order valence-electron chi connectivity index (χ0n) is 15.2. The minimum absolute atomic E-state index is 0.0225. The molecule has 1 saturated heterocycles. The van der Waals surface area contributed by atoms with Gasteiger partial charge in [-0.25, -0.2) is 13.8 Å². The maximum atomic E-state index is 13.4. The molecule has 0 N–H and O–H groups in total. The van der Waals surface area contributed by atoms with Gasteiger partial charge in [0.1, 0.15) is 11.6 Å². The quantitative estimate of drug-likeness (QED) is 0.680. The SMILES string of the molecule is Cn1c(=O)c(N2CCN(C(=O)c3cc(F)cc(F)c3)CC2)nc2ccccc21. The molecule has 6 nitrogen and oxygen atoms in total. The maximum absolute atomic E-state index is 13.4. The molecule has 28 heavy (non-hydrogen) atoms. The second-order valence-electron chi connectivity index (χ2n) is 6.73. The summed E-state index contributed by atoms with van der Waals surface area (Å²) in [5.41, 5.74) is 1.24. The molecular weight excluding hydrogens is 366 g/mol. The molecule has 4 rings (SSSR count). The van der Waals surface area contributed by atoms with Gasteiger partial charge in [-0.05, 0) is 24.3 Å². The molecule has 0 bridgehead atoms. The first kappa shape index (κ1) is 18.1. The number of fused-ring (bicyclic) bond motifs is 1. The van der Waals surface area contributed by atoms with Crippen LogP contribution in [-0.4, -0.2) is 46.5 Å². The Balaban J connectivity index is 1.54. The second-order valence-corrected chi connectivity index (χ2v) is 6.73. The fourth-order valence-corrected chi connectivity index (χ4v) is 3.45. The van der Waals surface area contributed by atoms with E-state index in [9.17, 15) is 18.4 Å². The molecule has 1 aromatic heterocycles. The Hall–Kier alpha value is -3.29. The number of amides is 1. The van der Waals surface area contributed by atoms with Gasteiger partial charge in [0.25, 0.3) is 11.5 Å². The van der Waals surface area contributed by atoms with Crippen LogP contribution in [0.3, 0.4) is 0 Å². The predicted molar refractivity (Wildman–Crippen MR) is 101 cm³/mol. The summed E-state index contributed by atoms with van der Waals surface area (Å²) in [6, 6.07) is 10.2. The van der Waals surface area contributed by atoms with Crippen molar-refractivity contribution >= 4 is 22.8 Å². The molecule has 144 valence electrons. The highest BCUT2D eigenvalue weighted by Gasteiger charge is 2.25. The Morgan fingerprint density at radius 3 is 2.32 bits per heavy atom. The number of benzene rings is 2. The number of halogens is 2. The lowest BCUT2D eigenvalue weighted by Gasteiger charge is -2.35. The third-order valence-electron chi connectivity index (χ3n) is 4.94. The van der Waals surface area contributed by atoms with E-state index in [1.807, 2.05) is 29.2 Å². The van der Waals surface area contributed by atoms with Crippen LogP contribution < -0.4 is 10.5 Å². The van der Waals surface area contributed by atoms with Crippen molar-refractivity contribution in [3.05, 3.63) is 70.0 Å². The molecule has 1 aliphatic heterocycles. The molecule has 2 heterocycles. The molecule has 2 aromatic carbocycles. The Morgan fingerprint density at radius 2 is 1.64 bits per heavy atom. The van der Waals surface area contributed by atoms with Crippen molar-refractivity contribution in [2.24, 2.45) is 7.05 Å². The number of aromatic nitrogens is 2. The summed E-state index contributed by atoms with van der Waals surface area (Å²) in [6.07, 6.45) is 0. The minimum Gasteiger partial charge on any atom is -0.348 e. The summed E-state index contributed by atoms with van der Waals surface area (Å²) in [5.74, 6) is -1.67. The first-order valence-electron chi connectivity index (χ1n) is 8.90. The topological polar surface area (TPSA) is 58.4 Å². The van der Waals surface area contributed by atoms with Crippen LogP contribution in [0.25, 0.3) is 11.0 Å². The van der Waals surface area contributed by atoms with E-state index in [1.54, 1.807) is 11.6 Å². The van der Waals surface area contributed by atoms with Gasteiger partial charge in [0.2, 0.25) is 0 Å². The van der Waals surface area contributed by atoms with Gasteiger partial charge < -0.3 is 14.4 Å². The van der Waals surface area contributed by atoms with Crippen molar-refractivity contribution in [1.29, 1.82) is 0 Å². The van der Waals surface area contributed by atoms with E-state index in [2.05, 4.69) is 4.98 Å². The van der Waals surface area contributed by atoms with Crippen molar-refractivity contribution in [2.45, 2.75) is 0 Å². The molecule has 1 fully saturated rings. The molecule has 0 unspecified atom stereocenters. The fourth-order valence-electron chi connectivity index (χ4n) is 3.45. The van der Waals surface area contributed by atoms with Crippen molar-refractivity contribution in [1.82, 2.24) is 14.5 Å². The average Bonchev–Trinajstić information content (AvgIpc) is 2.69. The van der Waals surface area contributed by atoms with E-state index in [0.29, 0.717) is 37.5 Å². The summed E-state index contributed by atoms with van der Waals surface area (Å²) in [6.45, 7) is 1.47. The van der Waals surface area contributed by atoms with Crippen LogP contribution in [0.15, 0.2) is 47.3 Å². The highest BCUT2D eigenvalue weighted by molar-refractivity contribution is 5.94. The van der Waals surface area contributed by atoms with E-state index >= 15 is 0 Å². The number of anilines is 1. The summed E-state index contributed by atoms with van der Waals surface area (Å²) in [4.78, 5) is 33.1. The smallest absolute Gasteiger partial charge is 0.293 e. The molecule has 8 heteroatoms. The van der Waals surface area contributed by atoms with Gasteiger partial charge >= 0.3 is 0 Å². The van der Waals surface area contributed by atoms with Gasteiger partial charge in [0.15, 0.2) is 5.82 Å². The van der Waals surface area contributed by atoms with Crippen LogP contribution in [0.5, 0.6) is 0 Å². The fraction of sp³-hybridized carbons (Fsp3) is 0.250. The zero-order valence-corrected chi connectivity index (χ0v) is 15.2. The van der Waals surface area contributed by atoms with Crippen molar-refractivity contribution < 1.29 is 13.6 Å². The van der Waals surface area contributed by atoms with Crippen LogP contribution in [0.2, 0.25) is 0 Å². The summed E-state index contributed by atoms with van der Waals surface area (Å²) in [5, 5.41) is 0. The summed E-state index contributed by atoms with van der Waals surface area (Å²) >= 11 is 0. The van der Waals surface area contributed by atoms with Crippen LogP contribution in [0, 0.1) is 11.6 Å². The van der Waals surface area contributed by atoms with Gasteiger partial charge in [0, 0.05) is 44.9 Å². The highest BCUT2D eigenvalue weighted by atomic mass is 19.1. The number of piperazine rings is 1. The lowest BCUT2D eigenvalue weighted by atomic mass is 10.1. The first-order chi connectivity index (χ1) is 13.4. The summed E-state index contributed by atoms with van der Waals surface area (Å²) in [7, 11) is 1.70. The Bertz CT molecular complexity index is 1100. The van der Waals surface area contributed by atoms with Crippen molar-refractivity contribution in [2.75, 3.05) is 31.1 Å². The summed E-state index contributed by atoms with van der Waals surface area (Å²) < 4.78 is 28.3. The number of carbonyl (C=O) groups is 1. The number of hydrogen-bond acceptors (Lipinski definition) is 4. The van der Waals surface area contributed by atoms with Gasteiger partial charge in [-0.15, -0.1) is 0 Å². The number of aryl methyl sites for hydroxylation is 1. The molecule has 0 radical (unpaired) electrons. The van der Waals surface area contributed by atoms with Gasteiger partial charge in [-0.1, -0.05) is 12.1 Å². The van der Waals surface area contributed by atoms with E-state index in [0.717, 1.165) is 23.7 Å². The molecule has 0 spiro atoms. The van der Waals surface area contributed by atoms with E-state index in [4.69, 9.17) is 0 Å². The average molecular weight is 384 g/mol. The first-order valence-corrected chi connectivity index (χ1v) is 8.90.